The molecule has 3 rings (SSSR count). The van der Waals surface area contributed by atoms with Gasteiger partial charge in [0, 0.05) is 37.7 Å². The third-order valence-electron chi connectivity index (χ3n) is 3.79. The number of para-hydroxylation sites is 1. The van der Waals surface area contributed by atoms with Crippen LogP contribution >= 0.6 is 0 Å². The first-order valence-electron chi connectivity index (χ1n) is 7.13. The van der Waals surface area contributed by atoms with Crippen molar-refractivity contribution in [2.75, 3.05) is 30.3 Å². The second-order valence-electron chi connectivity index (χ2n) is 5.47. The lowest BCUT2D eigenvalue weighted by molar-refractivity contribution is 0.527. The molecule has 22 heavy (non-hydrogen) atoms. The molecule has 1 N–H and O–H groups in total. The molecule has 0 fully saturated rings. The zero-order valence-corrected chi connectivity index (χ0v) is 13.5. The highest BCUT2D eigenvalue weighted by atomic mass is 32.2. The maximum atomic E-state index is 11.8. The Morgan fingerprint density at radius 3 is 2.41 bits per heavy atom. The van der Waals surface area contributed by atoms with Crippen molar-refractivity contribution in [3.8, 4) is 0 Å². The minimum atomic E-state index is -3.46. The summed E-state index contributed by atoms with van der Waals surface area (Å²) >= 11 is 0. The first-order chi connectivity index (χ1) is 10.5. The molecule has 1 aliphatic heterocycles. The first kappa shape index (κ1) is 14.9. The SMILES string of the molecule is CN(C)S(=O)(=O)Nc1ccc(N2CCc3ccccc32)cc1. The predicted octanol–water partition coefficient (Wildman–Crippen LogP) is 2.60. The van der Waals surface area contributed by atoms with E-state index in [9.17, 15) is 8.42 Å². The van der Waals surface area contributed by atoms with Gasteiger partial charge in [-0.3, -0.25) is 4.72 Å². The Balaban J connectivity index is 1.81. The van der Waals surface area contributed by atoms with Crippen molar-refractivity contribution in [3.63, 3.8) is 0 Å². The quantitative estimate of drug-likeness (QED) is 0.943. The average molecular weight is 317 g/mol. The second kappa shape index (κ2) is 5.62. The number of fused-ring (bicyclic) bond motifs is 1. The molecule has 5 nitrogen and oxygen atoms in total. The van der Waals surface area contributed by atoms with E-state index in [-0.39, 0.29) is 0 Å². The van der Waals surface area contributed by atoms with E-state index in [4.69, 9.17) is 0 Å². The van der Waals surface area contributed by atoms with Crippen LogP contribution in [0.15, 0.2) is 48.5 Å². The normalized spacial score (nSPS) is 14.2. The molecule has 2 aromatic rings. The Morgan fingerprint density at radius 1 is 1.05 bits per heavy atom. The summed E-state index contributed by atoms with van der Waals surface area (Å²) in [6.07, 6.45) is 1.03. The zero-order chi connectivity index (χ0) is 15.7. The van der Waals surface area contributed by atoms with Gasteiger partial charge in [0.15, 0.2) is 0 Å². The van der Waals surface area contributed by atoms with Crippen molar-refractivity contribution < 1.29 is 8.42 Å². The van der Waals surface area contributed by atoms with E-state index in [1.807, 2.05) is 18.2 Å². The van der Waals surface area contributed by atoms with E-state index in [1.165, 1.54) is 25.3 Å². The topological polar surface area (TPSA) is 52.7 Å². The van der Waals surface area contributed by atoms with Gasteiger partial charge in [-0.2, -0.15) is 12.7 Å². The molecule has 0 atom stereocenters. The summed E-state index contributed by atoms with van der Waals surface area (Å²) in [5.74, 6) is 0. The lowest BCUT2D eigenvalue weighted by Crippen LogP contribution is -2.28. The van der Waals surface area contributed by atoms with E-state index in [1.54, 1.807) is 12.1 Å². The van der Waals surface area contributed by atoms with Crippen LogP contribution in [0.2, 0.25) is 0 Å². The maximum absolute atomic E-state index is 11.8. The van der Waals surface area contributed by atoms with E-state index in [0.29, 0.717) is 5.69 Å². The van der Waals surface area contributed by atoms with E-state index >= 15 is 0 Å². The molecular weight excluding hydrogens is 298 g/mol. The molecule has 0 saturated heterocycles. The Kier molecular flexibility index (Phi) is 3.80. The van der Waals surface area contributed by atoms with Crippen LogP contribution < -0.4 is 9.62 Å². The number of benzene rings is 2. The van der Waals surface area contributed by atoms with Gasteiger partial charge < -0.3 is 4.90 Å². The van der Waals surface area contributed by atoms with Crippen molar-refractivity contribution in [3.05, 3.63) is 54.1 Å². The summed E-state index contributed by atoms with van der Waals surface area (Å²) in [7, 11) is -0.466. The van der Waals surface area contributed by atoms with Gasteiger partial charge >= 0.3 is 10.2 Å². The van der Waals surface area contributed by atoms with Crippen LogP contribution in [0.4, 0.5) is 17.1 Å². The van der Waals surface area contributed by atoms with Gasteiger partial charge in [-0.25, -0.2) is 0 Å². The second-order valence-corrected chi connectivity index (χ2v) is 7.35. The van der Waals surface area contributed by atoms with Gasteiger partial charge in [0.05, 0.1) is 0 Å². The van der Waals surface area contributed by atoms with E-state index in [2.05, 4.69) is 27.8 Å². The summed E-state index contributed by atoms with van der Waals surface area (Å²) in [6, 6.07) is 15.8. The van der Waals surface area contributed by atoms with Crippen LogP contribution in [0.5, 0.6) is 0 Å². The minimum Gasteiger partial charge on any atom is -0.341 e. The van der Waals surface area contributed by atoms with Gasteiger partial charge in [0.1, 0.15) is 0 Å². The predicted molar refractivity (Wildman–Crippen MR) is 89.8 cm³/mol. The molecule has 0 saturated carbocycles. The van der Waals surface area contributed by atoms with Gasteiger partial charge in [-0.1, -0.05) is 18.2 Å². The molecule has 116 valence electrons. The molecule has 0 aromatic heterocycles. The van der Waals surface area contributed by atoms with Crippen LogP contribution in [0, 0.1) is 0 Å². The van der Waals surface area contributed by atoms with Gasteiger partial charge in [-0.15, -0.1) is 0 Å². The molecule has 1 heterocycles. The highest BCUT2D eigenvalue weighted by molar-refractivity contribution is 7.90. The molecule has 0 amide bonds. The summed E-state index contributed by atoms with van der Waals surface area (Å²) in [5, 5.41) is 0. The molecule has 0 spiro atoms. The highest BCUT2D eigenvalue weighted by Crippen LogP contribution is 2.34. The monoisotopic (exact) mass is 317 g/mol. The van der Waals surface area contributed by atoms with Crippen LogP contribution in [0.1, 0.15) is 5.56 Å². The summed E-state index contributed by atoms with van der Waals surface area (Å²) < 4.78 is 27.3. The summed E-state index contributed by atoms with van der Waals surface area (Å²) in [6.45, 7) is 0.947. The number of hydrogen-bond donors (Lipinski definition) is 1. The third kappa shape index (κ3) is 2.80. The Labute approximate surface area is 131 Å². The maximum Gasteiger partial charge on any atom is 0.301 e. The van der Waals surface area contributed by atoms with Crippen molar-refractivity contribution >= 4 is 27.3 Å². The van der Waals surface area contributed by atoms with E-state index < -0.39 is 10.2 Å². The number of nitrogens with one attached hydrogen (secondary N) is 1. The number of anilines is 3. The largest absolute Gasteiger partial charge is 0.341 e. The molecule has 6 heteroatoms. The summed E-state index contributed by atoms with van der Waals surface area (Å²) in [4.78, 5) is 2.25. The zero-order valence-electron chi connectivity index (χ0n) is 12.7. The smallest absolute Gasteiger partial charge is 0.301 e. The fourth-order valence-electron chi connectivity index (χ4n) is 2.56. The van der Waals surface area contributed by atoms with Gasteiger partial charge in [-0.05, 0) is 42.3 Å². The highest BCUT2D eigenvalue weighted by Gasteiger charge is 2.20. The first-order valence-corrected chi connectivity index (χ1v) is 8.57. The Hall–Kier alpha value is -2.05. The van der Waals surface area contributed by atoms with Crippen molar-refractivity contribution in [2.24, 2.45) is 0 Å². The lowest BCUT2D eigenvalue weighted by Gasteiger charge is -2.20. The van der Waals surface area contributed by atoms with Gasteiger partial charge in [0.2, 0.25) is 0 Å². The minimum absolute atomic E-state index is 0.560. The average Bonchev–Trinajstić information content (AvgIpc) is 2.91. The van der Waals surface area contributed by atoms with Crippen LogP contribution in [-0.4, -0.2) is 33.4 Å². The van der Waals surface area contributed by atoms with Crippen LogP contribution in [0.3, 0.4) is 0 Å². The standard InChI is InChI=1S/C16H19N3O2S/c1-18(2)22(20,21)17-14-7-9-15(10-8-14)19-12-11-13-5-3-4-6-16(13)19/h3-10,17H,11-12H2,1-2H3. The Bertz CT molecular complexity index is 770. The van der Waals surface area contributed by atoms with Crippen LogP contribution in [-0.2, 0) is 16.6 Å². The fourth-order valence-corrected chi connectivity index (χ4v) is 3.17. The van der Waals surface area contributed by atoms with Gasteiger partial charge in [0.25, 0.3) is 0 Å². The molecular formula is C16H19N3O2S. The number of nitrogens with zero attached hydrogens (tertiary/aromatic N) is 2. The lowest BCUT2D eigenvalue weighted by atomic mass is 10.2. The fraction of sp³-hybridized carbons (Fsp3) is 0.250. The third-order valence-corrected chi connectivity index (χ3v) is 5.25. The molecule has 0 radical (unpaired) electrons. The Morgan fingerprint density at radius 2 is 1.73 bits per heavy atom. The number of rotatable bonds is 4. The molecule has 0 bridgehead atoms. The molecule has 0 unspecified atom stereocenters. The molecule has 0 aliphatic carbocycles. The van der Waals surface area contributed by atoms with Crippen molar-refractivity contribution in [1.29, 1.82) is 0 Å². The molecule has 1 aliphatic rings. The van der Waals surface area contributed by atoms with E-state index in [0.717, 1.165) is 23.0 Å². The number of hydrogen-bond acceptors (Lipinski definition) is 3. The van der Waals surface area contributed by atoms with Crippen molar-refractivity contribution in [1.82, 2.24) is 4.31 Å². The summed E-state index contributed by atoms with van der Waals surface area (Å²) in [5.41, 5.74) is 4.20. The van der Waals surface area contributed by atoms with Crippen molar-refractivity contribution in [2.45, 2.75) is 6.42 Å². The molecule has 2 aromatic carbocycles. The van der Waals surface area contributed by atoms with Crippen LogP contribution in [0.25, 0.3) is 0 Å².